The fourth-order valence-electron chi connectivity index (χ4n) is 2.51. The summed E-state index contributed by atoms with van der Waals surface area (Å²) >= 11 is 0. The average molecular weight is 483 g/mol. The molecular weight excluding hydrogens is 445 g/mol. The maximum absolute atomic E-state index is 12.1. The van der Waals surface area contributed by atoms with Crippen LogP contribution in [0.2, 0.25) is 0 Å². The molecule has 1 rings (SSSR count). The van der Waals surface area contributed by atoms with Gasteiger partial charge in [0.15, 0.2) is 5.96 Å². The van der Waals surface area contributed by atoms with Crippen molar-refractivity contribution in [2.45, 2.75) is 46.6 Å². The van der Waals surface area contributed by atoms with Crippen LogP contribution in [0.5, 0.6) is 0 Å². The fraction of sp³-hybridized carbons (Fsp3) is 0.889. The Morgan fingerprint density at radius 2 is 1.77 bits per heavy atom. The molecule has 1 aliphatic rings. The molecule has 26 heavy (non-hydrogen) atoms. The Morgan fingerprint density at radius 3 is 2.27 bits per heavy atom. The summed E-state index contributed by atoms with van der Waals surface area (Å²) in [6.45, 7) is 16.2. The minimum absolute atomic E-state index is 0. The van der Waals surface area contributed by atoms with E-state index in [-0.39, 0.29) is 30.1 Å². The third-order valence-electron chi connectivity index (χ3n) is 3.87. The Bertz CT molecular complexity index is 430. The SMILES string of the molecule is CN=C(NCCCN1CCN(C(=O)OC(C)(C)C)CC1)NCC(C)C.I. The summed E-state index contributed by atoms with van der Waals surface area (Å²) in [6, 6.07) is 0. The first kappa shape index (κ1) is 25.2. The highest BCUT2D eigenvalue weighted by Gasteiger charge is 2.25. The highest BCUT2D eigenvalue weighted by molar-refractivity contribution is 14.0. The van der Waals surface area contributed by atoms with Crippen molar-refractivity contribution in [3.63, 3.8) is 0 Å². The van der Waals surface area contributed by atoms with Gasteiger partial charge in [0, 0.05) is 46.3 Å². The van der Waals surface area contributed by atoms with E-state index < -0.39 is 5.60 Å². The third kappa shape index (κ3) is 11.1. The van der Waals surface area contributed by atoms with Gasteiger partial charge in [-0.25, -0.2) is 4.79 Å². The molecule has 154 valence electrons. The highest BCUT2D eigenvalue weighted by Crippen LogP contribution is 2.11. The van der Waals surface area contributed by atoms with E-state index >= 15 is 0 Å². The van der Waals surface area contributed by atoms with Crippen LogP contribution in [0.4, 0.5) is 4.79 Å². The minimum atomic E-state index is -0.429. The summed E-state index contributed by atoms with van der Waals surface area (Å²) in [5.41, 5.74) is -0.429. The molecule has 1 fully saturated rings. The van der Waals surface area contributed by atoms with E-state index in [0.717, 1.165) is 58.2 Å². The van der Waals surface area contributed by atoms with Gasteiger partial charge in [-0.1, -0.05) is 13.8 Å². The molecule has 7 nitrogen and oxygen atoms in total. The molecule has 0 aromatic heterocycles. The lowest BCUT2D eigenvalue weighted by Gasteiger charge is -2.35. The van der Waals surface area contributed by atoms with Gasteiger partial charge in [0.05, 0.1) is 0 Å². The van der Waals surface area contributed by atoms with Gasteiger partial charge < -0.3 is 20.3 Å². The van der Waals surface area contributed by atoms with E-state index in [1.807, 2.05) is 20.8 Å². The minimum Gasteiger partial charge on any atom is -0.444 e. The Hall–Kier alpha value is -0.770. The number of amides is 1. The Kier molecular flexibility index (Phi) is 12.2. The molecular formula is C18H38IN5O2. The van der Waals surface area contributed by atoms with E-state index in [4.69, 9.17) is 4.74 Å². The van der Waals surface area contributed by atoms with Crippen molar-refractivity contribution in [2.75, 3.05) is 52.9 Å². The summed E-state index contributed by atoms with van der Waals surface area (Å²) in [5.74, 6) is 1.46. The molecule has 1 saturated heterocycles. The second-order valence-electron chi connectivity index (χ2n) is 7.94. The largest absolute Gasteiger partial charge is 0.444 e. The predicted molar refractivity (Wildman–Crippen MR) is 118 cm³/mol. The molecule has 0 saturated carbocycles. The Balaban J connectivity index is 0.00000625. The van der Waals surface area contributed by atoms with Crippen LogP contribution in [0.15, 0.2) is 4.99 Å². The van der Waals surface area contributed by atoms with Gasteiger partial charge in [-0.05, 0) is 39.7 Å². The van der Waals surface area contributed by atoms with E-state index in [2.05, 4.69) is 34.4 Å². The number of carbonyl (C=O) groups excluding carboxylic acids is 1. The summed E-state index contributed by atoms with van der Waals surface area (Å²) in [6.07, 6.45) is 0.850. The maximum Gasteiger partial charge on any atom is 0.410 e. The first-order chi connectivity index (χ1) is 11.7. The standard InChI is InChI=1S/C18H37N5O2.HI/c1-15(2)14-21-16(19-6)20-8-7-9-22-10-12-23(13-11-22)17(24)25-18(3,4)5;/h15H,7-14H2,1-6H3,(H2,19,20,21);1H. The molecule has 0 aliphatic carbocycles. The number of piperazine rings is 1. The van der Waals surface area contributed by atoms with Gasteiger partial charge in [-0.3, -0.25) is 9.89 Å². The van der Waals surface area contributed by atoms with Gasteiger partial charge in [0.2, 0.25) is 0 Å². The van der Waals surface area contributed by atoms with E-state index in [1.165, 1.54) is 0 Å². The number of hydrogen-bond donors (Lipinski definition) is 2. The number of halogens is 1. The summed E-state index contributed by atoms with van der Waals surface area (Å²) < 4.78 is 5.43. The summed E-state index contributed by atoms with van der Waals surface area (Å²) in [4.78, 5) is 20.5. The molecule has 0 aromatic carbocycles. The van der Waals surface area contributed by atoms with Crippen LogP contribution >= 0.6 is 24.0 Å². The molecule has 0 unspecified atom stereocenters. The summed E-state index contributed by atoms with van der Waals surface area (Å²) in [7, 11) is 1.80. The number of guanidine groups is 1. The van der Waals surface area contributed by atoms with Crippen LogP contribution in [0.3, 0.4) is 0 Å². The molecule has 1 aliphatic heterocycles. The van der Waals surface area contributed by atoms with Crippen LogP contribution in [-0.2, 0) is 4.74 Å². The van der Waals surface area contributed by atoms with E-state index in [0.29, 0.717) is 5.92 Å². The van der Waals surface area contributed by atoms with Crippen molar-refractivity contribution >= 4 is 36.0 Å². The second kappa shape index (κ2) is 12.6. The van der Waals surface area contributed by atoms with Gasteiger partial charge >= 0.3 is 6.09 Å². The number of hydrogen-bond acceptors (Lipinski definition) is 4. The van der Waals surface area contributed by atoms with E-state index in [1.54, 1.807) is 11.9 Å². The monoisotopic (exact) mass is 483 g/mol. The van der Waals surface area contributed by atoms with E-state index in [9.17, 15) is 4.79 Å². The third-order valence-corrected chi connectivity index (χ3v) is 3.87. The lowest BCUT2D eigenvalue weighted by molar-refractivity contribution is 0.0145. The Labute approximate surface area is 176 Å². The number of nitrogens with zero attached hydrogens (tertiary/aromatic N) is 3. The van der Waals surface area contributed by atoms with Crippen molar-refractivity contribution in [1.82, 2.24) is 20.4 Å². The maximum atomic E-state index is 12.1. The Morgan fingerprint density at radius 1 is 1.15 bits per heavy atom. The summed E-state index contributed by atoms with van der Waals surface area (Å²) in [5, 5.41) is 6.66. The van der Waals surface area contributed by atoms with Gasteiger partial charge in [-0.15, -0.1) is 24.0 Å². The smallest absolute Gasteiger partial charge is 0.410 e. The molecule has 8 heteroatoms. The zero-order valence-electron chi connectivity index (χ0n) is 17.3. The molecule has 0 radical (unpaired) electrons. The highest BCUT2D eigenvalue weighted by atomic mass is 127. The molecule has 2 N–H and O–H groups in total. The normalized spacial score (nSPS) is 16.3. The van der Waals surface area contributed by atoms with Crippen molar-refractivity contribution in [3.05, 3.63) is 0 Å². The van der Waals surface area contributed by atoms with Crippen molar-refractivity contribution in [3.8, 4) is 0 Å². The molecule has 0 atom stereocenters. The average Bonchev–Trinajstić information content (AvgIpc) is 2.53. The predicted octanol–water partition coefficient (Wildman–Crippen LogP) is 2.37. The lowest BCUT2D eigenvalue weighted by atomic mass is 10.2. The first-order valence-electron chi connectivity index (χ1n) is 9.36. The van der Waals surface area contributed by atoms with Crippen molar-refractivity contribution < 1.29 is 9.53 Å². The molecule has 0 bridgehead atoms. The second-order valence-corrected chi connectivity index (χ2v) is 7.94. The number of ether oxygens (including phenoxy) is 1. The number of carbonyl (C=O) groups is 1. The quantitative estimate of drug-likeness (QED) is 0.263. The fourth-order valence-corrected chi connectivity index (χ4v) is 2.51. The number of aliphatic imine (C=N–C) groups is 1. The number of nitrogens with one attached hydrogen (secondary N) is 2. The zero-order valence-corrected chi connectivity index (χ0v) is 19.6. The topological polar surface area (TPSA) is 69.2 Å². The van der Waals surface area contributed by atoms with Crippen LogP contribution < -0.4 is 10.6 Å². The number of rotatable bonds is 6. The molecule has 1 heterocycles. The van der Waals surface area contributed by atoms with Crippen molar-refractivity contribution in [1.29, 1.82) is 0 Å². The van der Waals surface area contributed by atoms with Crippen LogP contribution in [0.1, 0.15) is 41.0 Å². The van der Waals surface area contributed by atoms with Crippen LogP contribution in [0, 0.1) is 5.92 Å². The lowest BCUT2D eigenvalue weighted by Crippen LogP contribution is -2.50. The zero-order chi connectivity index (χ0) is 18.9. The van der Waals surface area contributed by atoms with Gasteiger partial charge in [0.25, 0.3) is 0 Å². The van der Waals surface area contributed by atoms with Crippen molar-refractivity contribution in [2.24, 2.45) is 10.9 Å². The molecule has 1 amide bonds. The van der Waals surface area contributed by atoms with Gasteiger partial charge in [0.1, 0.15) is 5.60 Å². The molecule has 0 aromatic rings. The first-order valence-corrected chi connectivity index (χ1v) is 9.36. The van der Waals surface area contributed by atoms with Crippen LogP contribution in [0.25, 0.3) is 0 Å². The molecule has 0 spiro atoms. The van der Waals surface area contributed by atoms with Crippen LogP contribution in [-0.4, -0.2) is 80.3 Å². The van der Waals surface area contributed by atoms with Gasteiger partial charge in [-0.2, -0.15) is 0 Å².